The van der Waals surface area contributed by atoms with Crippen LogP contribution in [0.4, 0.5) is 14.5 Å². The number of sulfonamides is 1. The van der Waals surface area contributed by atoms with Gasteiger partial charge in [-0.15, -0.1) is 0 Å². The Morgan fingerprint density at radius 1 is 1.33 bits per heavy atom. The van der Waals surface area contributed by atoms with E-state index in [0.29, 0.717) is 10.1 Å². The van der Waals surface area contributed by atoms with Crippen LogP contribution in [-0.2, 0) is 15.6 Å². The van der Waals surface area contributed by atoms with Gasteiger partial charge in [-0.2, -0.15) is 0 Å². The van der Waals surface area contributed by atoms with Crippen molar-refractivity contribution in [3.05, 3.63) is 53.4 Å². The third kappa shape index (κ3) is 5.29. The molecule has 0 unspecified atom stereocenters. The molecule has 0 radical (unpaired) electrons. The topological polar surface area (TPSA) is 124 Å². The Morgan fingerprint density at radius 3 is 2.55 bits per heavy atom. The maximum Gasteiger partial charge on any atom is 0.274 e. The van der Waals surface area contributed by atoms with Crippen LogP contribution in [0.3, 0.4) is 0 Å². The SMILES string of the molecule is BC(B)(B)Oc1ccc(C(=O)Nc2cc(F)c(F)c([C@]3(C)CS(=O)(=O)N(C)C(=N)N3)c2)nc1. The van der Waals surface area contributed by atoms with Crippen LogP contribution in [0.1, 0.15) is 23.0 Å². The van der Waals surface area contributed by atoms with Crippen molar-refractivity contribution in [2.75, 3.05) is 18.1 Å². The summed E-state index contributed by atoms with van der Waals surface area (Å²) >= 11 is 0. The molecule has 33 heavy (non-hydrogen) atoms. The number of anilines is 1. The van der Waals surface area contributed by atoms with Crippen LogP contribution in [0.2, 0.25) is 0 Å². The first-order valence-corrected chi connectivity index (χ1v) is 11.5. The molecule has 1 fully saturated rings. The van der Waals surface area contributed by atoms with E-state index in [1.165, 1.54) is 26.2 Å². The highest BCUT2D eigenvalue weighted by Gasteiger charge is 2.44. The third-order valence-corrected chi connectivity index (χ3v) is 6.83. The summed E-state index contributed by atoms with van der Waals surface area (Å²) in [6, 6.07) is 4.90. The zero-order valence-corrected chi connectivity index (χ0v) is 19.6. The summed E-state index contributed by atoms with van der Waals surface area (Å²) < 4.78 is 60.2. The molecule has 1 aromatic carbocycles. The molecular formula is C18H22B3F2N5O4S. The Balaban J connectivity index is 1.89. The van der Waals surface area contributed by atoms with Gasteiger partial charge in [-0.25, -0.2) is 26.5 Å². The Hall–Kier alpha value is -3.09. The van der Waals surface area contributed by atoms with E-state index in [1.54, 1.807) is 6.07 Å². The van der Waals surface area contributed by atoms with E-state index in [0.717, 1.165) is 12.1 Å². The molecule has 0 saturated carbocycles. The largest absolute Gasteiger partial charge is 0.512 e. The normalized spacial score (nSPS) is 20.1. The second-order valence-corrected chi connectivity index (χ2v) is 10.9. The van der Waals surface area contributed by atoms with Crippen LogP contribution in [-0.4, -0.2) is 71.2 Å². The maximum absolute atomic E-state index is 14.7. The van der Waals surface area contributed by atoms with Crippen molar-refractivity contribution < 1.29 is 26.7 Å². The molecule has 3 N–H and O–H groups in total. The number of hydrogen-bond acceptors (Lipinski definition) is 6. The summed E-state index contributed by atoms with van der Waals surface area (Å²) in [6.07, 6.45) is 1.37. The van der Waals surface area contributed by atoms with Crippen LogP contribution in [0, 0.1) is 17.0 Å². The lowest BCUT2D eigenvalue weighted by atomic mass is 9.52. The van der Waals surface area contributed by atoms with Crippen molar-refractivity contribution in [2.24, 2.45) is 0 Å². The van der Waals surface area contributed by atoms with Gasteiger partial charge in [0, 0.05) is 29.7 Å². The number of nitrogens with one attached hydrogen (secondary N) is 3. The predicted octanol–water partition coefficient (Wildman–Crippen LogP) is -1.48. The molecule has 1 saturated heterocycles. The first kappa shape index (κ1) is 24.6. The van der Waals surface area contributed by atoms with Gasteiger partial charge in [0.1, 0.15) is 35.0 Å². The lowest BCUT2D eigenvalue weighted by molar-refractivity contribution is 0.102. The molecule has 1 aliphatic rings. The lowest BCUT2D eigenvalue weighted by Gasteiger charge is -2.40. The Bertz CT molecular complexity index is 1220. The van der Waals surface area contributed by atoms with Gasteiger partial charge >= 0.3 is 0 Å². The van der Waals surface area contributed by atoms with Gasteiger partial charge in [0.15, 0.2) is 11.6 Å². The van der Waals surface area contributed by atoms with Crippen LogP contribution in [0.15, 0.2) is 30.5 Å². The number of nitrogens with zero attached hydrogens (tertiary/aromatic N) is 2. The number of carbonyl (C=O) groups is 1. The highest BCUT2D eigenvalue weighted by atomic mass is 32.2. The van der Waals surface area contributed by atoms with Gasteiger partial charge in [-0.05, 0) is 25.1 Å². The van der Waals surface area contributed by atoms with Gasteiger partial charge in [0.25, 0.3) is 5.91 Å². The van der Waals surface area contributed by atoms with Gasteiger partial charge < -0.3 is 15.4 Å². The molecule has 1 atom stereocenters. The molecule has 172 valence electrons. The standard InChI is InChI=1S/C18H22B3F2N5O4S/c1-17(8-33(30,31)28(2)16(24)27-17)11-5-9(6-12(22)14(11)23)26-15(29)13-4-3-10(7-25-13)32-18(19,20)21/h3-7H,8,19-21H2,1-2H3,(H2,24,27)(H,26,29)/t17-/m0/s1. The number of hydrogen-bond donors (Lipinski definition) is 3. The molecule has 0 aliphatic carbocycles. The highest BCUT2D eigenvalue weighted by Crippen LogP contribution is 2.33. The van der Waals surface area contributed by atoms with Crippen LogP contribution >= 0.6 is 0 Å². The minimum absolute atomic E-state index is 0.00975. The second-order valence-electron chi connectivity index (χ2n) is 8.90. The third-order valence-electron chi connectivity index (χ3n) is 4.87. The van der Waals surface area contributed by atoms with Crippen molar-refractivity contribution in [2.45, 2.75) is 17.8 Å². The number of guanidine groups is 1. The highest BCUT2D eigenvalue weighted by molar-refractivity contribution is 7.89. The van der Waals surface area contributed by atoms with Gasteiger partial charge in [-0.1, -0.05) is 0 Å². The summed E-state index contributed by atoms with van der Waals surface area (Å²) in [4.78, 5) is 16.6. The molecule has 15 heteroatoms. The van der Waals surface area contributed by atoms with Crippen LogP contribution in [0.25, 0.3) is 0 Å². The fourth-order valence-corrected chi connectivity index (χ4v) is 4.78. The van der Waals surface area contributed by atoms with Crippen molar-refractivity contribution >= 4 is 51.1 Å². The van der Waals surface area contributed by atoms with E-state index in [9.17, 15) is 22.0 Å². The molecule has 9 nitrogen and oxygen atoms in total. The zero-order chi connectivity index (χ0) is 24.8. The van der Waals surface area contributed by atoms with Crippen LogP contribution < -0.4 is 15.4 Å². The van der Waals surface area contributed by atoms with Gasteiger partial charge in [-0.3, -0.25) is 10.2 Å². The van der Waals surface area contributed by atoms with Crippen molar-refractivity contribution in [3.8, 4) is 5.75 Å². The van der Waals surface area contributed by atoms with E-state index >= 15 is 0 Å². The summed E-state index contributed by atoms with van der Waals surface area (Å²) in [5, 5.41) is 12.5. The predicted molar refractivity (Wildman–Crippen MR) is 127 cm³/mol. The average molecular weight is 475 g/mol. The molecule has 1 aromatic heterocycles. The minimum Gasteiger partial charge on any atom is -0.512 e. The number of carbonyl (C=O) groups excluding carboxylic acids is 1. The smallest absolute Gasteiger partial charge is 0.274 e. The number of benzene rings is 1. The van der Waals surface area contributed by atoms with E-state index in [2.05, 4.69) is 15.6 Å². The molecule has 1 amide bonds. The average Bonchev–Trinajstić information content (AvgIpc) is 2.67. The van der Waals surface area contributed by atoms with E-state index in [4.69, 9.17) is 10.1 Å². The number of ether oxygens (including phenoxy) is 1. The fourth-order valence-electron chi connectivity index (χ4n) is 3.31. The summed E-state index contributed by atoms with van der Waals surface area (Å²) in [7, 11) is 2.82. The van der Waals surface area contributed by atoms with Crippen molar-refractivity contribution in [3.63, 3.8) is 0 Å². The molecule has 0 bridgehead atoms. The van der Waals surface area contributed by atoms with Gasteiger partial charge in [0.2, 0.25) is 16.0 Å². The number of aromatic nitrogens is 1. The quantitative estimate of drug-likeness (QED) is 0.454. The number of rotatable bonds is 5. The first-order valence-electron chi connectivity index (χ1n) is 9.91. The van der Waals surface area contributed by atoms with E-state index in [-0.39, 0.29) is 16.9 Å². The molecule has 2 aromatic rings. The second kappa shape index (κ2) is 8.36. The molecule has 2 heterocycles. The van der Waals surface area contributed by atoms with Crippen molar-refractivity contribution in [1.29, 1.82) is 5.41 Å². The molecule has 3 rings (SSSR count). The Morgan fingerprint density at radius 2 is 2.00 bits per heavy atom. The number of amides is 1. The minimum atomic E-state index is -3.94. The first-order chi connectivity index (χ1) is 15.1. The van der Waals surface area contributed by atoms with Crippen LogP contribution in [0.5, 0.6) is 5.75 Å². The van der Waals surface area contributed by atoms with E-state index in [1.807, 2.05) is 23.5 Å². The summed E-state index contributed by atoms with van der Waals surface area (Å²) in [5.74, 6) is -3.90. The molecular weight excluding hydrogens is 453 g/mol. The maximum atomic E-state index is 14.7. The number of halogens is 2. The molecule has 1 aliphatic heterocycles. The van der Waals surface area contributed by atoms with Crippen molar-refractivity contribution in [1.82, 2.24) is 14.6 Å². The zero-order valence-electron chi connectivity index (χ0n) is 18.8. The Labute approximate surface area is 193 Å². The summed E-state index contributed by atoms with van der Waals surface area (Å²) in [6.45, 7) is 1.34. The van der Waals surface area contributed by atoms with Gasteiger partial charge in [0.05, 0.1) is 17.5 Å². The summed E-state index contributed by atoms with van der Waals surface area (Å²) in [5.41, 5.74) is -2.08. The van der Waals surface area contributed by atoms with E-state index < -0.39 is 50.1 Å². The Kier molecular flexibility index (Phi) is 6.22. The monoisotopic (exact) mass is 475 g/mol. The molecule has 0 spiro atoms. The lowest BCUT2D eigenvalue weighted by Crippen LogP contribution is -2.61. The fraction of sp³-hybridized carbons (Fsp3) is 0.278. The number of pyridine rings is 1.